The largest absolute Gasteiger partial charge is 0.476 e. The van der Waals surface area contributed by atoms with Crippen molar-refractivity contribution < 1.29 is 14.6 Å². The molecule has 0 amide bonds. The zero-order valence-electron chi connectivity index (χ0n) is 11.5. The molecule has 2 heterocycles. The number of carboxylic acids is 1. The number of carboxylic acid groups (broad SMARTS) is 1. The van der Waals surface area contributed by atoms with E-state index in [4.69, 9.17) is 4.74 Å². The summed E-state index contributed by atoms with van der Waals surface area (Å²) in [6.07, 6.45) is 2.54. The van der Waals surface area contributed by atoms with Gasteiger partial charge in [0.2, 0.25) is 0 Å². The fraction of sp³-hybridized carbons (Fsp3) is 0.125. The minimum Gasteiger partial charge on any atom is -0.476 e. The van der Waals surface area contributed by atoms with Gasteiger partial charge in [0.05, 0.1) is 0 Å². The molecule has 21 heavy (non-hydrogen) atoms. The van der Waals surface area contributed by atoms with Gasteiger partial charge in [-0.1, -0.05) is 25.1 Å². The monoisotopic (exact) mass is 282 g/mol. The molecule has 2 aromatic heterocycles. The summed E-state index contributed by atoms with van der Waals surface area (Å²) in [7, 11) is 0. The molecule has 0 bridgehead atoms. The molecule has 3 rings (SSSR count). The number of ether oxygens (including phenoxy) is 1. The summed E-state index contributed by atoms with van der Waals surface area (Å²) in [6.45, 7) is 2.05. The third-order valence-electron chi connectivity index (χ3n) is 3.22. The number of rotatable bonds is 4. The number of benzene rings is 1. The van der Waals surface area contributed by atoms with E-state index in [1.54, 1.807) is 30.5 Å². The first kappa shape index (κ1) is 13.2. The highest BCUT2D eigenvalue weighted by molar-refractivity contribution is 5.89. The summed E-state index contributed by atoms with van der Waals surface area (Å²) >= 11 is 0. The van der Waals surface area contributed by atoms with E-state index in [2.05, 4.69) is 4.98 Å². The minimum absolute atomic E-state index is 0.0208. The van der Waals surface area contributed by atoms with Gasteiger partial charge in [-0.05, 0) is 36.2 Å². The van der Waals surface area contributed by atoms with Crippen LogP contribution < -0.4 is 4.74 Å². The Morgan fingerprint density at radius 2 is 2.14 bits per heavy atom. The Kier molecular flexibility index (Phi) is 3.31. The van der Waals surface area contributed by atoms with E-state index in [0.717, 1.165) is 12.0 Å². The van der Waals surface area contributed by atoms with Crippen molar-refractivity contribution in [1.82, 2.24) is 9.38 Å². The maximum atomic E-state index is 11.5. The van der Waals surface area contributed by atoms with Gasteiger partial charge in [0, 0.05) is 6.20 Å². The van der Waals surface area contributed by atoms with Crippen molar-refractivity contribution >= 4 is 11.6 Å². The molecule has 0 fully saturated rings. The lowest BCUT2D eigenvalue weighted by atomic mass is 10.2. The van der Waals surface area contributed by atoms with Crippen molar-refractivity contribution in [1.29, 1.82) is 0 Å². The number of carbonyl (C=O) groups is 1. The molecule has 0 unspecified atom stereocenters. The number of aromatic nitrogens is 2. The zero-order chi connectivity index (χ0) is 14.8. The molecule has 0 atom stereocenters. The SMILES string of the molecule is CCc1cccc(Oc2nc3ccccn3c2C(=O)O)c1. The minimum atomic E-state index is -1.07. The summed E-state index contributed by atoms with van der Waals surface area (Å²) in [5.74, 6) is -0.391. The van der Waals surface area contributed by atoms with Gasteiger partial charge in [0.1, 0.15) is 11.4 Å². The standard InChI is InChI=1S/C16H14N2O3/c1-2-11-6-5-7-12(10-11)21-15-14(16(19)20)18-9-4-3-8-13(18)17-15/h3-10H,2H2,1H3,(H,19,20). The number of imidazole rings is 1. The van der Waals surface area contributed by atoms with Crippen molar-refractivity contribution in [2.45, 2.75) is 13.3 Å². The fourth-order valence-electron chi connectivity index (χ4n) is 2.18. The summed E-state index contributed by atoms with van der Waals surface area (Å²) in [4.78, 5) is 15.7. The first-order valence-corrected chi connectivity index (χ1v) is 6.66. The molecule has 5 nitrogen and oxygen atoms in total. The van der Waals surface area contributed by atoms with Crippen LogP contribution >= 0.6 is 0 Å². The molecule has 1 N–H and O–H groups in total. The van der Waals surface area contributed by atoms with Crippen LogP contribution in [-0.2, 0) is 6.42 Å². The average Bonchev–Trinajstić information content (AvgIpc) is 2.85. The molecule has 0 saturated carbocycles. The maximum absolute atomic E-state index is 11.5. The highest BCUT2D eigenvalue weighted by Gasteiger charge is 2.20. The van der Waals surface area contributed by atoms with Crippen molar-refractivity contribution in [2.75, 3.05) is 0 Å². The molecule has 0 saturated heterocycles. The van der Waals surface area contributed by atoms with Crippen molar-refractivity contribution in [3.05, 3.63) is 59.9 Å². The van der Waals surface area contributed by atoms with E-state index >= 15 is 0 Å². The van der Waals surface area contributed by atoms with Gasteiger partial charge in [-0.2, -0.15) is 4.98 Å². The van der Waals surface area contributed by atoms with E-state index in [-0.39, 0.29) is 11.6 Å². The number of nitrogens with zero attached hydrogens (tertiary/aromatic N) is 2. The number of aryl methyl sites for hydroxylation is 1. The van der Waals surface area contributed by atoms with Crippen LogP contribution in [0.3, 0.4) is 0 Å². The average molecular weight is 282 g/mol. The lowest BCUT2D eigenvalue weighted by Gasteiger charge is -2.05. The molecule has 0 radical (unpaired) electrons. The number of aromatic carboxylic acids is 1. The molecular formula is C16H14N2O3. The lowest BCUT2D eigenvalue weighted by Crippen LogP contribution is -2.03. The van der Waals surface area contributed by atoms with Crippen LogP contribution in [0.4, 0.5) is 0 Å². The highest BCUT2D eigenvalue weighted by Crippen LogP contribution is 2.26. The van der Waals surface area contributed by atoms with Gasteiger partial charge in [-0.15, -0.1) is 0 Å². The van der Waals surface area contributed by atoms with Crippen LogP contribution in [0.1, 0.15) is 23.0 Å². The topological polar surface area (TPSA) is 63.8 Å². The second kappa shape index (κ2) is 5.28. The van der Waals surface area contributed by atoms with Crippen molar-refractivity contribution in [3.63, 3.8) is 0 Å². The van der Waals surface area contributed by atoms with Gasteiger partial charge in [0.25, 0.3) is 5.88 Å². The molecule has 0 aliphatic heterocycles. The Hall–Kier alpha value is -2.82. The third kappa shape index (κ3) is 2.45. The van der Waals surface area contributed by atoms with Gasteiger partial charge >= 0.3 is 5.97 Å². The Labute approximate surface area is 121 Å². The molecule has 5 heteroatoms. The van der Waals surface area contributed by atoms with E-state index in [0.29, 0.717) is 11.4 Å². The lowest BCUT2D eigenvalue weighted by molar-refractivity contribution is 0.0686. The Bertz CT molecular complexity index is 808. The molecule has 0 aliphatic carbocycles. The fourth-order valence-corrected chi connectivity index (χ4v) is 2.18. The number of pyridine rings is 1. The van der Waals surface area contributed by atoms with E-state index < -0.39 is 5.97 Å². The number of hydrogen-bond acceptors (Lipinski definition) is 3. The summed E-state index contributed by atoms with van der Waals surface area (Å²) in [5, 5.41) is 9.39. The molecule has 3 aromatic rings. The maximum Gasteiger partial charge on any atom is 0.358 e. The predicted octanol–water partition coefficient (Wildman–Crippen LogP) is 3.39. The molecule has 1 aromatic carbocycles. The van der Waals surface area contributed by atoms with E-state index in [9.17, 15) is 9.90 Å². The summed E-state index contributed by atoms with van der Waals surface area (Å²) in [5.41, 5.74) is 1.68. The van der Waals surface area contributed by atoms with Gasteiger partial charge in [0.15, 0.2) is 5.69 Å². The molecule has 0 aliphatic rings. The second-order valence-corrected chi connectivity index (χ2v) is 4.60. The van der Waals surface area contributed by atoms with Crippen molar-refractivity contribution in [2.24, 2.45) is 0 Å². The van der Waals surface area contributed by atoms with Crippen LogP contribution in [0, 0.1) is 0 Å². The van der Waals surface area contributed by atoms with Crippen LogP contribution in [0.2, 0.25) is 0 Å². The summed E-state index contributed by atoms with van der Waals surface area (Å²) < 4.78 is 7.19. The van der Waals surface area contributed by atoms with Crippen LogP contribution in [0.25, 0.3) is 5.65 Å². The predicted molar refractivity (Wildman–Crippen MR) is 78.0 cm³/mol. The number of hydrogen-bond donors (Lipinski definition) is 1. The molecule has 106 valence electrons. The first-order chi connectivity index (χ1) is 10.2. The highest BCUT2D eigenvalue weighted by atomic mass is 16.5. The zero-order valence-corrected chi connectivity index (χ0v) is 11.5. The first-order valence-electron chi connectivity index (χ1n) is 6.66. The number of fused-ring (bicyclic) bond motifs is 1. The van der Waals surface area contributed by atoms with E-state index in [1.807, 2.05) is 25.1 Å². The van der Waals surface area contributed by atoms with Gasteiger partial charge < -0.3 is 9.84 Å². The smallest absolute Gasteiger partial charge is 0.358 e. The third-order valence-corrected chi connectivity index (χ3v) is 3.22. The van der Waals surface area contributed by atoms with Crippen molar-refractivity contribution in [3.8, 4) is 11.6 Å². The Morgan fingerprint density at radius 3 is 2.90 bits per heavy atom. The van der Waals surface area contributed by atoms with Crippen LogP contribution in [-0.4, -0.2) is 20.5 Å². The van der Waals surface area contributed by atoms with Crippen LogP contribution in [0.15, 0.2) is 48.7 Å². The Morgan fingerprint density at radius 1 is 1.29 bits per heavy atom. The Balaban J connectivity index is 2.07. The molecule has 0 spiro atoms. The second-order valence-electron chi connectivity index (χ2n) is 4.60. The summed E-state index contributed by atoms with van der Waals surface area (Å²) in [6, 6.07) is 12.8. The quantitative estimate of drug-likeness (QED) is 0.796. The van der Waals surface area contributed by atoms with Gasteiger partial charge in [-0.3, -0.25) is 4.40 Å². The molecular weight excluding hydrogens is 268 g/mol. The van der Waals surface area contributed by atoms with E-state index in [1.165, 1.54) is 4.40 Å². The van der Waals surface area contributed by atoms with Gasteiger partial charge in [-0.25, -0.2) is 4.79 Å². The van der Waals surface area contributed by atoms with Crippen LogP contribution in [0.5, 0.6) is 11.6 Å². The normalized spacial score (nSPS) is 10.7.